The van der Waals surface area contributed by atoms with Gasteiger partial charge in [0, 0.05) is 19.3 Å². The fourth-order valence-electron chi connectivity index (χ4n) is 4.95. The van der Waals surface area contributed by atoms with Gasteiger partial charge in [-0.2, -0.15) is 0 Å². The summed E-state index contributed by atoms with van der Waals surface area (Å²) in [7, 11) is 0. The van der Waals surface area contributed by atoms with Crippen molar-refractivity contribution in [1.82, 2.24) is 0 Å². The molecule has 0 saturated heterocycles. The number of quaternary nitrogens is 2. The summed E-state index contributed by atoms with van der Waals surface area (Å²) in [5.41, 5.74) is 12.3. The molecule has 8 heteroatoms. The lowest BCUT2D eigenvalue weighted by Gasteiger charge is -2.17. The second-order valence-corrected chi connectivity index (χ2v) is 10.9. The number of Topliss-reactive ketones (excluding diaryl/α,β-unsaturated/α-hetero) is 2. The minimum Gasteiger partial charge on any atom is -1.00 e. The third-order valence-electron chi connectivity index (χ3n) is 7.44. The molecule has 6 N–H and O–H groups in total. The van der Waals surface area contributed by atoms with Crippen LogP contribution in [0, 0.1) is 5.92 Å². The third kappa shape index (κ3) is 14.8. The highest BCUT2D eigenvalue weighted by atomic mass is 35.5. The van der Waals surface area contributed by atoms with Crippen molar-refractivity contribution in [1.29, 1.82) is 0 Å². The number of carbonyl (C=O) groups excluding carboxylic acids is 3. The smallest absolute Gasteiger partial charge is 0.310 e. The summed E-state index contributed by atoms with van der Waals surface area (Å²) in [5.74, 6) is -1.36. The van der Waals surface area contributed by atoms with Gasteiger partial charge in [0.15, 0.2) is 11.6 Å². The maximum Gasteiger partial charge on any atom is 0.310 e. The zero-order valence-corrected chi connectivity index (χ0v) is 26.5. The Morgan fingerprint density at radius 2 is 1.21 bits per heavy atom. The number of ketones is 2. The Balaban J connectivity index is 0.00000462. The summed E-state index contributed by atoms with van der Waals surface area (Å²) in [6.45, 7) is 0.536. The highest BCUT2D eigenvalue weighted by Crippen LogP contribution is 2.17. The number of rotatable bonds is 19. The molecular weight excluding hydrogens is 583 g/mol. The highest BCUT2D eigenvalue weighted by molar-refractivity contribution is 5.88. The Labute approximate surface area is 268 Å². The Morgan fingerprint density at radius 3 is 1.79 bits per heavy atom. The van der Waals surface area contributed by atoms with Gasteiger partial charge in [-0.1, -0.05) is 84.9 Å². The summed E-state index contributed by atoms with van der Waals surface area (Å²) in [6, 6.07) is 27.8. The molecule has 0 amide bonds. The van der Waals surface area contributed by atoms with E-state index >= 15 is 0 Å². The average Bonchev–Trinajstić information content (AvgIpc) is 2.99. The zero-order valence-electron chi connectivity index (χ0n) is 25.0. The number of hydrogen-bond donors (Lipinski definition) is 2. The van der Waals surface area contributed by atoms with Crippen molar-refractivity contribution in [3.63, 3.8) is 0 Å². The minimum atomic E-state index is -0.643. The molecule has 2 atom stereocenters. The second-order valence-electron chi connectivity index (χ2n) is 10.9. The Hall–Kier alpha value is -3.03. The van der Waals surface area contributed by atoms with Gasteiger partial charge in [0.25, 0.3) is 0 Å². The molecule has 3 aromatic rings. The second kappa shape index (κ2) is 21.6. The van der Waals surface area contributed by atoms with E-state index in [-0.39, 0.29) is 61.9 Å². The van der Waals surface area contributed by atoms with Gasteiger partial charge in [0.1, 0.15) is 12.6 Å². The number of hydrogen-bond acceptors (Lipinski definition) is 4. The standard InChI is InChI=1S/C35H44N2O4.2ClH/c36-22-10-9-17-33(37)34(39)25-31(23-29-15-5-2-6-16-29)35(40)41-26-32(38)24-30-20-18-28(19-21-30)14-8-7-13-27-11-3-1-4-12-27;;/h1-6,11-12,15-16,18-21,31,33H,7-10,13-14,17,22-26,36-37H2;2*1H/t31-,33+;;/m1../s1. The van der Waals surface area contributed by atoms with Crippen LogP contribution < -0.4 is 36.3 Å². The molecule has 0 bridgehead atoms. The van der Waals surface area contributed by atoms with Gasteiger partial charge < -0.3 is 41.0 Å². The number of carbonyl (C=O) groups is 3. The first-order valence-electron chi connectivity index (χ1n) is 14.9. The molecule has 0 unspecified atom stereocenters. The Morgan fingerprint density at radius 1 is 0.674 bits per heavy atom. The molecule has 3 rings (SSSR count). The maximum absolute atomic E-state index is 13.0. The Bertz CT molecular complexity index is 1210. The van der Waals surface area contributed by atoms with Crippen LogP contribution in [-0.4, -0.2) is 36.7 Å². The largest absolute Gasteiger partial charge is 1.00 e. The maximum atomic E-state index is 13.0. The quantitative estimate of drug-likeness (QED) is 0.115. The van der Waals surface area contributed by atoms with E-state index in [1.165, 1.54) is 11.1 Å². The summed E-state index contributed by atoms with van der Waals surface area (Å²) >= 11 is 0. The molecule has 0 aliphatic rings. The molecular formula is C35H46Cl2N2O4. The van der Waals surface area contributed by atoms with E-state index in [0.29, 0.717) is 12.8 Å². The summed E-state index contributed by atoms with van der Waals surface area (Å²) in [6.07, 6.45) is 7.52. The molecule has 0 spiro atoms. The summed E-state index contributed by atoms with van der Waals surface area (Å²) < 4.78 is 5.45. The van der Waals surface area contributed by atoms with Gasteiger partial charge in [0.05, 0.1) is 12.5 Å². The van der Waals surface area contributed by atoms with E-state index in [1.54, 1.807) is 0 Å². The molecule has 0 aliphatic heterocycles. The molecule has 0 radical (unpaired) electrons. The predicted octanol–water partition coefficient (Wildman–Crippen LogP) is -2.24. The van der Waals surface area contributed by atoms with Crippen LogP contribution in [0.3, 0.4) is 0 Å². The van der Waals surface area contributed by atoms with Crippen molar-refractivity contribution in [2.45, 2.75) is 70.3 Å². The zero-order chi connectivity index (χ0) is 29.3. The third-order valence-corrected chi connectivity index (χ3v) is 7.44. The number of esters is 1. The first-order valence-corrected chi connectivity index (χ1v) is 14.9. The molecule has 0 aromatic heterocycles. The monoisotopic (exact) mass is 628 g/mol. The highest BCUT2D eigenvalue weighted by Gasteiger charge is 2.28. The SMILES string of the molecule is [Cl-].[Cl-].[NH3+]CCCC[C@H]([NH3+])C(=O)C[C@@H](Cc1ccccc1)C(=O)OCC(=O)Cc1ccc(CCCCc2ccccc2)cc1. The molecule has 0 heterocycles. The van der Waals surface area contributed by atoms with Gasteiger partial charge in [0.2, 0.25) is 0 Å². The van der Waals surface area contributed by atoms with E-state index in [0.717, 1.165) is 56.2 Å². The van der Waals surface area contributed by atoms with E-state index in [9.17, 15) is 14.4 Å². The first kappa shape index (κ1) is 38.0. The van der Waals surface area contributed by atoms with Gasteiger partial charge >= 0.3 is 5.97 Å². The van der Waals surface area contributed by atoms with Crippen LogP contribution in [0.2, 0.25) is 0 Å². The van der Waals surface area contributed by atoms with E-state index in [2.05, 4.69) is 47.9 Å². The predicted molar refractivity (Wildman–Crippen MR) is 161 cm³/mol. The van der Waals surface area contributed by atoms with Crippen LogP contribution in [0.25, 0.3) is 0 Å². The number of halogens is 2. The summed E-state index contributed by atoms with van der Waals surface area (Å²) in [5, 5.41) is 0. The fraction of sp³-hybridized carbons (Fsp3) is 0.400. The van der Waals surface area contributed by atoms with Gasteiger partial charge in [-0.3, -0.25) is 14.4 Å². The van der Waals surface area contributed by atoms with Crippen molar-refractivity contribution < 1.29 is 55.4 Å². The van der Waals surface area contributed by atoms with Crippen molar-refractivity contribution in [2.24, 2.45) is 5.92 Å². The van der Waals surface area contributed by atoms with E-state index in [4.69, 9.17) is 4.74 Å². The number of unbranched alkanes of at least 4 members (excludes halogenated alkanes) is 2. The lowest BCUT2D eigenvalue weighted by Crippen LogP contribution is -3.00. The topological polar surface area (TPSA) is 116 Å². The van der Waals surface area contributed by atoms with Crippen molar-refractivity contribution in [2.75, 3.05) is 13.2 Å². The summed E-state index contributed by atoms with van der Waals surface area (Å²) in [4.78, 5) is 38.5. The van der Waals surface area contributed by atoms with Gasteiger partial charge in [-0.25, -0.2) is 0 Å². The van der Waals surface area contributed by atoms with E-state index in [1.807, 2.05) is 48.5 Å². The molecule has 0 saturated carbocycles. The normalized spacial score (nSPS) is 11.9. The molecule has 43 heavy (non-hydrogen) atoms. The molecule has 0 fully saturated rings. The van der Waals surface area contributed by atoms with Crippen molar-refractivity contribution in [3.05, 3.63) is 107 Å². The molecule has 234 valence electrons. The molecule has 0 aliphatic carbocycles. The van der Waals surface area contributed by atoms with Crippen LogP contribution in [0.4, 0.5) is 0 Å². The van der Waals surface area contributed by atoms with E-state index < -0.39 is 11.9 Å². The van der Waals surface area contributed by atoms with Crippen LogP contribution in [0.15, 0.2) is 84.9 Å². The average molecular weight is 630 g/mol. The minimum absolute atomic E-state index is 0. The molecule has 3 aromatic carbocycles. The van der Waals surface area contributed by atoms with Crippen LogP contribution >= 0.6 is 0 Å². The lowest BCUT2D eigenvalue weighted by molar-refractivity contribution is -0.405. The van der Waals surface area contributed by atoms with Crippen molar-refractivity contribution >= 4 is 17.5 Å². The lowest BCUT2D eigenvalue weighted by atomic mass is 9.91. The number of benzene rings is 3. The van der Waals surface area contributed by atoms with Gasteiger partial charge in [-0.15, -0.1) is 0 Å². The number of ether oxygens (including phenoxy) is 1. The van der Waals surface area contributed by atoms with Crippen LogP contribution in [-0.2, 0) is 44.8 Å². The van der Waals surface area contributed by atoms with Crippen LogP contribution in [0.1, 0.15) is 60.8 Å². The van der Waals surface area contributed by atoms with Gasteiger partial charge in [-0.05, 0) is 67.2 Å². The van der Waals surface area contributed by atoms with Crippen molar-refractivity contribution in [3.8, 4) is 0 Å². The molecule has 6 nitrogen and oxygen atoms in total. The Kier molecular flexibility index (Phi) is 19.1. The van der Waals surface area contributed by atoms with Crippen LogP contribution in [0.5, 0.6) is 0 Å². The fourth-order valence-corrected chi connectivity index (χ4v) is 4.95. The number of aryl methyl sites for hydroxylation is 2. The first-order chi connectivity index (χ1) is 19.9.